The molecule has 0 rings (SSSR count). The summed E-state index contributed by atoms with van der Waals surface area (Å²) in [5.41, 5.74) is 0. The highest BCUT2D eigenvalue weighted by Gasteiger charge is 2.00. The van der Waals surface area contributed by atoms with Crippen LogP contribution in [0.15, 0.2) is 5.16 Å². The third-order valence-corrected chi connectivity index (χ3v) is 2.12. The second kappa shape index (κ2) is 9.11. The summed E-state index contributed by atoms with van der Waals surface area (Å²) in [6.07, 6.45) is 1.74. The van der Waals surface area contributed by atoms with Crippen LogP contribution in [0.5, 0.6) is 0 Å². The molecule has 0 aliphatic carbocycles. The quantitative estimate of drug-likeness (QED) is 0.254. The van der Waals surface area contributed by atoms with Gasteiger partial charge in [0, 0.05) is 19.6 Å². The van der Waals surface area contributed by atoms with Gasteiger partial charge in [0.1, 0.15) is 6.21 Å². The van der Waals surface area contributed by atoms with Crippen molar-refractivity contribution in [2.24, 2.45) is 5.16 Å². The lowest BCUT2D eigenvalue weighted by Gasteiger charge is -2.19. The Morgan fingerprint density at radius 2 is 2.00 bits per heavy atom. The van der Waals surface area contributed by atoms with E-state index in [-0.39, 0.29) is 5.91 Å². The van der Waals surface area contributed by atoms with Crippen LogP contribution in [0.2, 0.25) is 0 Å². The molecule has 16 heavy (non-hydrogen) atoms. The Morgan fingerprint density at radius 1 is 1.31 bits per heavy atom. The van der Waals surface area contributed by atoms with E-state index in [0.29, 0.717) is 6.54 Å². The number of nitrogens with one attached hydrogen (secondary N) is 1. The number of likely N-dealkylation sites (N-methyl/N-ethyl adjacent to an activating group) is 2. The molecule has 0 saturated carbocycles. The smallest absolute Gasteiger partial charge is 0.265 e. The highest BCUT2D eigenvalue weighted by molar-refractivity contribution is 6.25. The molecule has 0 aliphatic heterocycles. The van der Waals surface area contributed by atoms with E-state index in [1.807, 2.05) is 14.1 Å². The van der Waals surface area contributed by atoms with E-state index in [4.69, 9.17) is 5.21 Å². The minimum absolute atomic E-state index is 0.363. The SMILES string of the molecule is CN(C)CCN(C)CCCNC(=O)/C=N/O. The molecule has 94 valence electrons. The van der Waals surface area contributed by atoms with Crippen LogP contribution in [-0.4, -0.2) is 74.5 Å². The van der Waals surface area contributed by atoms with Crippen LogP contribution < -0.4 is 5.32 Å². The van der Waals surface area contributed by atoms with Crippen LogP contribution in [0.25, 0.3) is 0 Å². The summed E-state index contributed by atoms with van der Waals surface area (Å²) in [6, 6.07) is 0. The Kier molecular flexibility index (Phi) is 8.46. The molecular formula is C10H22N4O2. The Morgan fingerprint density at radius 3 is 2.56 bits per heavy atom. The normalized spacial score (nSPS) is 11.6. The molecular weight excluding hydrogens is 208 g/mol. The van der Waals surface area contributed by atoms with Crippen LogP contribution in [0.1, 0.15) is 6.42 Å². The molecule has 0 atom stereocenters. The zero-order valence-electron chi connectivity index (χ0n) is 10.3. The van der Waals surface area contributed by atoms with Crippen molar-refractivity contribution in [1.29, 1.82) is 0 Å². The van der Waals surface area contributed by atoms with Gasteiger partial charge in [-0.2, -0.15) is 0 Å². The van der Waals surface area contributed by atoms with Gasteiger partial charge < -0.3 is 20.3 Å². The number of carbonyl (C=O) groups is 1. The third-order valence-electron chi connectivity index (χ3n) is 2.12. The first kappa shape index (κ1) is 14.9. The average Bonchev–Trinajstić information content (AvgIpc) is 2.22. The van der Waals surface area contributed by atoms with Gasteiger partial charge in [0.05, 0.1) is 0 Å². The van der Waals surface area contributed by atoms with Gasteiger partial charge in [-0.1, -0.05) is 5.16 Å². The van der Waals surface area contributed by atoms with E-state index in [1.54, 1.807) is 0 Å². The summed E-state index contributed by atoms with van der Waals surface area (Å²) in [5, 5.41) is 13.4. The van der Waals surface area contributed by atoms with E-state index >= 15 is 0 Å². The molecule has 0 aromatic rings. The lowest BCUT2D eigenvalue weighted by atomic mass is 10.3. The summed E-state index contributed by atoms with van der Waals surface area (Å²) in [5.74, 6) is -0.363. The summed E-state index contributed by atoms with van der Waals surface area (Å²) in [7, 11) is 6.14. The minimum Gasteiger partial charge on any atom is -0.411 e. The maximum Gasteiger partial charge on any atom is 0.265 e. The molecule has 0 radical (unpaired) electrons. The third kappa shape index (κ3) is 9.42. The van der Waals surface area contributed by atoms with Gasteiger partial charge in [-0.05, 0) is 34.1 Å². The molecule has 0 unspecified atom stereocenters. The number of rotatable bonds is 8. The molecule has 0 aromatic heterocycles. The van der Waals surface area contributed by atoms with Crippen LogP contribution in [-0.2, 0) is 4.79 Å². The van der Waals surface area contributed by atoms with Crippen molar-refractivity contribution in [3.8, 4) is 0 Å². The van der Waals surface area contributed by atoms with Crippen LogP contribution in [0.4, 0.5) is 0 Å². The van der Waals surface area contributed by atoms with Gasteiger partial charge in [0.15, 0.2) is 0 Å². The molecule has 0 aliphatic rings. The van der Waals surface area contributed by atoms with Gasteiger partial charge in [-0.3, -0.25) is 4.79 Å². The van der Waals surface area contributed by atoms with Gasteiger partial charge in [-0.25, -0.2) is 0 Å². The zero-order chi connectivity index (χ0) is 12.4. The number of nitrogens with zero attached hydrogens (tertiary/aromatic N) is 3. The van der Waals surface area contributed by atoms with Gasteiger partial charge in [0.2, 0.25) is 0 Å². The highest BCUT2D eigenvalue weighted by atomic mass is 16.4. The second-order valence-electron chi connectivity index (χ2n) is 4.00. The van der Waals surface area contributed by atoms with Crippen molar-refractivity contribution in [3.05, 3.63) is 0 Å². The van der Waals surface area contributed by atoms with E-state index in [2.05, 4.69) is 27.3 Å². The second-order valence-corrected chi connectivity index (χ2v) is 4.00. The standard InChI is InChI=1S/C10H22N4O2/c1-13(2)7-8-14(3)6-4-5-11-10(15)9-12-16/h9,16H,4-8H2,1-3H3,(H,11,15)/b12-9+. The lowest BCUT2D eigenvalue weighted by Crippen LogP contribution is -2.32. The topological polar surface area (TPSA) is 68.2 Å². The fourth-order valence-corrected chi connectivity index (χ4v) is 1.14. The molecule has 1 amide bonds. The molecule has 0 fully saturated rings. The Hall–Kier alpha value is -1.14. The molecule has 0 aromatic carbocycles. The van der Waals surface area contributed by atoms with E-state index in [9.17, 15) is 4.79 Å². The highest BCUT2D eigenvalue weighted by Crippen LogP contribution is 1.87. The van der Waals surface area contributed by atoms with E-state index in [1.165, 1.54) is 0 Å². The van der Waals surface area contributed by atoms with Gasteiger partial charge in [-0.15, -0.1) is 0 Å². The first-order valence-corrected chi connectivity index (χ1v) is 5.34. The maximum atomic E-state index is 10.9. The number of carbonyl (C=O) groups excluding carboxylic acids is 1. The average molecular weight is 230 g/mol. The number of hydrogen-bond acceptors (Lipinski definition) is 5. The van der Waals surface area contributed by atoms with Crippen molar-refractivity contribution in [3.63, 3.8) is 0 Å². The molecule has 6 heteroatoms. The van der Waals surface area contributed by atoms with E-state index in [0.717, 1.165) is 32.3 Å². The monoisotopic (exact) mass is 230 g/mol. The Bertz CT molecular complexity index is 219. The fourth-order valence-electron chi connectivity index (χ4n) is 1.14. The van der Waals surface area contributed by atoms with Gasteiger partial charge in [0.25, 0.3) is 5.91 Å². The summed E-state index contributed by atoms with van der Waals surface area (Å²) < 4.78 is 0. The maximum absolute atomic E-state index is 10.9. The minimum atomic E-state index is -0.363. The lowest BCUT2D eigenvalue weighted by molar-refractivity contribution is -0.114. The predicted molar refractivity (Wildman–Crippen MR) is 64.0 cm³/mol. The molecule has 6 nitrogen and oxygen atoms in total. The zero-order valence-corrected chi connectivity index (χ0v) is 10.3. The van der Waals surface area contributed by atoms with Crippen molar-refractivity contribution < 1.29 is 10.0 Å². The number of oxime groups is 1. The Balaban J connectivity index is 3.40. The van der Waals surface area contributed by atoms with Crippen molar-refractivity contribution in [2.45, 2.75) is 6.42 Å². The largest absolute Gasteiger partial charge is 0.411 e. The molecule has 0 heterocycles. The van der Waals surface area contributed by atoms with E-state index < -0.39 is 0 Å². The molecule has 0 bridgehead atoms. The van der Waals surface area contributed by atoms with Crippen LogP contribution >= 0.6 is 0 Å². The number of hydrogen-bond donors (Lipinski definition) is 2. The molecule has 0 spiro atoms. The molecule has 2 N–H and O–H groups in total. The van der Waals surface area contributed by atoms with Gasteiger partial charge >= 0.3 is 0 Å². The summed E-state index contributed by atoms with van der Waals surface area (Å²) in [6.45, 7) is 3.57. The van der Waals surface area contributed by atoms with Crippen LogP contribution in [0.3, 0.4) is 0 Å². The fraction of sp³-hybridized carbons (Fsp3) is 0.800. The van der Waals surface area contributed by atoms with Crippen LogP contribution in [0, 0.1) is 0 Å². The van der Waals surface area contributed by atoms with Crippen molar-refractivity contribution >= 4 is 12.1 Å². The predicted octanol–water partition coefficient (Wildman–Crippen LogP) is -0.554. The van der Waals surface area contributed by atoms with Crippen molar-refractivity contribution in [2.75, 3.05) is 47.3 Å². The summed E-state index contributed by atoms with van der Waals surface area (Å²) >= 11 is 0. The Labute approximate surface area is 96.9 Å². The number of amides is 1. The summed E-state index contributed by atoms with van der Waals surface area (Å²) in [4.78, 5) is 15.2. The molecule has 0 saturated heterocycles. The van der Waals surface area contributed by atoms with Crippen molar-refractivity contribution in [1.82, 2.24) is 15.1 Å². The first-order valence-electron chi connectivity index (χ1n) is 5.34. The first-order chi connectivity index (χ1) is 7.56.